The van der Waals surface area contributed by atoms with E-state index in [4.69, 9.17) is 11.6 Å². The van der Waals surface area contributed by atoms with Gasteiger partial charge in [-0.2, -0.15) is 0 Å². The van der Waals surface area contributed by atoms with Gasteiger partial charge in [0.25, 0.3) is 0 Å². The number of aromatic nitrogens is 4. The summed E-state index contributed by atoms with van der Waals surface area (Å²) in [6.07, 6.45) is 3.50. The highest BCUT2D eigenvalue weighted by molar-refractivity contribution is 6.30. The van der Waals surface area contributed by atoms with E-state index in [-0.39, 0.29) is 0 Å². The molecule has 4 rings (SSSR count). The topological polar surface area (TPSA) is 43.6 Å². The first-order valence-electron chi connectivity index (χ1n) is 7.91. The summed E-state index contributed by atoms with van der Waals surface area (Å²) in [6, 6.07) is 19.8. The first-order valence-corrected chi connectivity index (χ1v) is 8.29. The summed E-state index contributed by atoms with van der Waals surface area (Å²) in [7, 11) is 0. The summed E-state index contributed by atoms with van der Waals surface area (Å²) >= 11 is 6.06. The maximum absolute atomic E-state index is 6.06. The van der Waals surface area contributed by atoms with Crippen molar-refractivity contribution in [3.63, 3.8) is 0 Å². The lowest BCUT2D eigenvalue weighted by atomic mass is 10.1. The predicted octanol–water partition coefficient (Wildman–Crippen LogP) is 4.96. The Morgan fingerprint density at radius 1 is 0.720 bits per heavy atom. The molecule has 0 unspecified atom stereocenters. The normalized spacial score (nSPS) is 10.8. The summed E-state index contributed by atoms with van der Waals surface area (Å²) in [5.41, 5.74) is 4.12. The number of halogens is 1. The zero-order valence-corrected chi connectivity index (χ0v) is 14.4. The van der Waals surface area contributed by atoms with Gasteiger partial charge in [-0.05, 0) is 43.3 Å². The Hall–Kier alpha value is -2.98. The van der Waals surface area contributed by atoms with Crippen LogP contribution in [0.1, 0.15) is 5.56 Å². The second-order valence-electron chi connectivity index (χ2n) is 5.76. The van der Waals surface area contributed by atoms with E-state index in [0.29, 0.717) is 5.02 Å². The van der Waals surface area contributed by atoms with Crippen LogP contribution in [0.25, 0.3) is 28.5 Å². The van der Waals surface area contributed by atoms with Gasteiger partial charge < -0.3 is 0 Å². The van der Waals surface area contributed by atoms with Gasteiger partial charge in [-0.3, -0.25) is 9.55 Å². The molecule has 0 amide bonds. The van der Waals surface area contributed by atoms with Crippen molar-refractivity contribution in [2.75, 3.05) is 0 Å². The SMILES string of the molecule is Cc1ccc(-c2nnc(-c3ccncc3)n2-c2ccc(Cl)cc2)cc1. The van der Waals surface area contributed by atoms with Crippen LogP contribution in [0.3, 0.4) is 0 Å². The number of rotatable bonds is 3. The summed E-state index contributed by atoms with van der Waals surface area (Å²) in [5, 5.41) is 9.58. The highest BCUT2D eigenvalue weighted by Gasteiger charge is 2.17. The molecule has 0 fully saturated rings. The molecule has 0 bridgehead atoms. The maximum atomic E-state index is 6.06. The van der Waals surface area contributed by atoms with Crippen LogP contribution in [0, 0.1) is 6.92 Å². The molecule has 0 aliphatic heterocycles. The molecule has 0 aliphatic rings. The van der Waals surface area contributed by atoms with E-state index in [1.54, 1.807) is 12.4 Å². The Labute approximate surface area is 150 Å². The number of hydrogen-bond acceptors (Lipinski definition) is 3. The van der Waals surface area contributed by atoms with Crippen LogP contribution >= 0.6 is 11.6 Å². The molecule has 2 aromatic carbocycles. The Balaban J connectivity index is 1.94. The third-order valence-corrected chi connectivity index (χ3v) is 4.25. The minimum Gasteiger partial charge on any atom is -0.275 e. The molecule has 5 heteroatoms. The average molecular weight is 347 g/mol. The van der Waals surface area contributed by atoms with Crippen LogP contribution in [0.15, 0.2) is 73.1 Å². The van der Waals surface area contributed by atoms with E-state index in [1.165, 1.54) is 5.56 Å². The highest BCUT2D eigenvalue weighted by Crippen LogP contribution is 2.28. The molecule has 0 radical (unpaired) electrons. The minimum absolute atomic E-state index is 0.694. The summed E-state index contributed by atoms with van der Waals surface area (Å²) < 4.78 is 2.04. The Kier molecular flexibility index (Phi) is 4.04. The van der Waals surface area contributed by atoms with Gasteiger partial charge in [0.1, 0.15) is 0 Å². The van der Waals surface area contributed by atoms with Crippen molar-refractivity contribution >= 4 is 11.6 Å². The first kappa shape index (κ1) is 15.5. The van der Waals surface area contributed by atoms with Gasteiger partial charge >= 0.3 is 0 Å². The monoisotopic (exact) mass is 346 g/mol. The summed E-state index contributed by atoms with van der Waals surface area (Å²) in [6.45, 7) is 2.07. The predicted molar refractivity (Wildman–Crippen MR) is 99.8 cm³/mol. The summed E-state index contributed by atoms with van der Waals surface area (Å²) in [4.78, 5) is 4.08. The third-order valence-electron chi connectivity index (χ3n) is 4.00. The smallest absolute Gasteiger partial charge is 0.168 e. The molecule has 0 saturated heterocycles. The van der Waals surface area contributed by atoms with E-state index in [9.17, 15) is 0 Å². The molecular formula is C20H15ClN4. The van der Waals surface area contributed by atoms with E-state index < -0.39 is 0 Å². The van der Waals surface area contributed by atoms with Gasteiger partial charge in [0.05, 0.1) is 0 Å². The number of pyridine rings is 1. The third kappa shape index (κ3) is 3.04. The van der Waals surface area contributed by atoms with Gasteiger partial charge in [-0.25, -0.2) is 0 Å². The van der Waals surface area contributed by atoms with Crippen molar-refractivity contribution in [2.24, 2.45) is 0 Å². The fourth-order valence-electron chi connectivity index (χ4n) is 2.70. The average Bonchev–Trinajstić information content (AvgIpc) is 3.09. The Morgan fingerprint density at radius 2 is 1.28 bits per heavy atom. The molecular weight excluding hydrogens is 332 g/mol. The van der Waals surface area contributed by atoms with Crippen LogP contribution in [0.2, 0.25) is 5.02 Å². The molecule has 0 N–H and O–H groups in total. The lowest BCUT2D eigenvalue weighted by Gasteiger charge is -2.11. The molecule has 122 valence electrons. The molecule has 2 aromatic heterocycles. The van der Waals surface area contributed by atoms with Crippen LogP contribution in [-0.4, -0.2) is 19.7 Å². The molecule has 25 heavy (non-hydrogen) atoms. The van der Waals surface area contributed by atoms with Crippen LogP contribution in [0.5, 0.6) is 0 Å². The second kappa shape index (κ2) is 6.49. The van der Waals surface area contributed by atoms with Crippen molar-refractivity contribution < 1.29 is 0 Å². The molecule has 4 aromatic rings. The zero-order valence-electron chi connectivity index (χ0n) is 13.6. The van der Waals surface area contributed by atoms with Gasteiger partial charge in [0, 0.05) is 34.2 Å². The van der Waals surface area contributed by atoms with Crippen LogP contribution in [-0.2, 0) is 0 Å². The first-order chi connectivity index (χ1) is 12.2. The lowest BCUT2D eigenvalue weighted by Crippen LogP contribution is -2.00. The van der Waals surface area contributed by atoms with Crippen molar-refractivity contribution in [1.82, 2.24) is 19.7 Å². The van der Waals surface area contributed by atoms with Crippen molar-refractivity contribution in [1.29, 1.82) is 0 Å². The van der Waals surface area contributed by atoms with E-state index >= 15 is 0 Å². The largest absolute Gasteiger partial charge is 0.275 e. The van der Waals surface area contributed by atoms with E-state index in [1.807, 2.05) is 41.0 Å². The molecule has 0 spiro atoms. The van der Waals surface area contributed by atoms with Gasteiger partial charge in [0.15, 0.2) is 11.6 Å². The number of nitrogens with zero attached hydrogens (tertiary/aromatic N) is 4. The number of hydrogen-bond donors (Lipinski definition) is 0. The van der Waals surface area contributed by atoms with E-state index in [2.05, 4.69) is 46.4 Å². The zero-order chi connectivity index (χ0) is 17.2. The molecule has 4 nitrogen and oxygen atoms in total. The molecule has 0 atom stereocenters. The van der Waals surface area contributed by atoms with E-state index in [0.717, 1.165) is 28.5 Å². The fraction of sp³-hybridized carbons (Fsp3) is 0.0500. The Bertz CT molecular complexity index is 990. The van der Waals surface area contributed by atoms with Gasteiger partial charge in [-0.15, -0.1) is 10.2 Å². The van der Waals surface area contributed by atoms with Crippen molar-refractivity contribution in [2.45, 2.75) is 6.92 Å². The van der Waals surface area contributed by atoms with Crippen molar-refractivity contribution in [3.8, 4) is 28.5 Å². The molecule has 0 saturated carbocycles. The summed E-state index contributed by atoms with van der Waals surface area (Å²) in [5.74, 6) is 1.55. The number of benzene rings is 2. The second-order valence-corrected chi connectivity index (χ2v) is 6.20. The van der Waals surface area contributed by atoms with Gasteiger partial charge in [-0.1, -0.05) is 41.4 Å². The standard InChI is InChI=1S/C20H15ClN4/c1-14-2-4-15(5-3-14)19-23-24-20(16-10-12-22-13-11-16)25(19)18-8-6-17(21)7-9-18/h2-13H,1H3. The highest BCUT2D eigenvalue weighted by atomic mass is 35.5. The fourth-order valence-corrected chi connectivity index (χ4v) is 2.82. The Morgan fingerprint density at radius 3 is 1.88 bits per heavy atom. The van der Waals surface area contributed by atoms with Crippen LogP contribution in [0.4, 0.5) is 0 Å². The molecule has 2 heterocycles. The number of aryl methyl sites for hydroxylation is 1. The maximum Gasteiger partial charge on any atom is 0.168 e. The quantitative estimate of drug-likeness (QED) is 0.526. The van der Waals surface area contributed by atoms with Gasteiger partial charge in [0.2, 0.25) is 0 Å². The lowest BCUT2D eigenvalue weighted by molar-refractivity contribution is 1.07. The van der Waals surface area contributed by atoms with Crippen molar-refractivity contribution in [3.05, 3.63) is 83.6 Å². The van der Waals surface area contributed by atoms with Crippen LogP contribution < -0.4 is 0 Å². The molecule has 0 aliphatic carbocycles. The minimum atomic E-state index is 0.694.